The maximum absolute atomic E-state index is 13.4. The zero-order valence-electron chi connectivity index (χ0n) is 14.1. The first kappa shape index (κ1) is 17.2. The van der Waals surface area contributed by atoms with Crippen LogP contribution >= 0.6 is 23.5 Å². The lowest BCUT2D eigenvalue weighted by Crippen LogP contribution is -2.63. The first-order chi connectivity index (χ1) is 12.4. The van der Waals surface area contributed by atoms with Crippen LogP contribution in [0.25, 0.3) is 0 Å². The van der Waals surface area contributed by atoms with Gasteiger partial charge in [-0.2, -0.15) is 0 Å². The molecule has 2 aliphatic rings. The molecule has 6 heteroatoms. The molecule has 2 aromatic carbocycles. The Hall–Kier alpha value is -2.18. The van der Waals surface area contributed by atoms with E-state index in [0.717, 1.165) is 23.5 Å². The zero-order chi connectivity index (χ0) is 18.7. The summed E-state index contributed by atoms with van der Waals surface area (Å²) in [6.07, 6.45) is 0. The number of carbonyl (C=O) groups is 4. The van der Waals surface area contributed by atoms with E-state index in [1.165, 1.54) is 13.8 Å². The lowest BCUT2D eigenvalue weighted by atomic mass is 9.75. The maximum Gasteiger partial charge on any atom is 0.190 e. The minimum absolute atomic E-state index is 0.387. The molecule has 0 fully saturated rings. The highest BCUT2D eigenvalue weighted by Crippen LogP contribution is 2.61. The summed E-state index contributed by atoms with van der Waals surface area (Å²) in [4.78, 5) is 53.8. The van der Waals surface area contributed by atoms with Crippen LogP contribution in [0.4, 0.5) is 0 Å². The van der Waals surface area contributed by atoms with Crippen LogP contribution in [0.2, 0.25) is 0 Å². The van der Waals surface area contributed by atoms with Gasteiger partial charge in [0.15, 0.2) is 32.6 Å². The highest BCUT2D eigenvalue weighted by atomic mass is 32.2. The summed E-state index contributed by atoms with van der Waals surface area (Å²) in [7, 11) is 0. The molecule has 2 atom stereocenters. The molecule has 0 N–H and O–H groups in total. The number of rotatable bonds is 3. The van der Waals surface area contributed by atoms with Gasteiger partial charge in [0, 0.05) is 20.9 Å². The van der Waals surface area contributed by atoms with Crippen molar-refractivity contribution in [2.45, 2.75) is 33.1 Å². The summed E-state index contributed by atoms with van der Waals surface area (Å²) in [5.74, 6) is -1.89. The summed E-state index contributed by atoms with van der Waals surface area (Å²) < 4.78 is -3.58. The van der Waals surface area contributed by atoms with E-state index in [4.69, 9.17) is 0 Å². The van der Waals surface area contributed by atoms with E-state index in [1.807, 2.05) is 0 Å². The van der Waals surface area contributed by atoms with Gasteiger partial charge in [-0.25, -0.2) is 0 Å². The van der Waals surface area contributed by atoms with Crippen LogP contribution in [0.15, 0.2) is 58.3 Å². The molecule has 0 bridgehead atoms. The largest absolute Gasteiger partial charge is 0.298 e. The average Bonchev–Trinajstić information content (AvgIpc) is 3.10. The molecule has 4 nitrogen and oxygen atoms in total. The lowest BCUT2D eigenvalue weighted by Gasteiger charge is -2.38. The molecule has 0 saturated heterocycles. The number of carbonyl (C=O) groups excluding carboxylic acids is 4. The minimum Gasteiger partial charge on any atom is -0.298 e. The Balaban J connectivity index is 2.01. The summed E-state index contributed by atoms with van der Waals surface area (Å²) in [6, 6.07) is 13.7. The fourth-order valence-electron chi connectivity index (χ4n) is 3.71. The van der Waals surface area contributed by atoms with Crippen LogP contribution in [0.1, 0.15) is 34.6 Å². The zero-order valence-corrected chi connectivity index (χ0v) is 15.7. The van der Waals surface area contributed by atoms with Gasteiger partial charge in [-0.3, -0.25) is 19.2 Å². The standard InChI is InChI=1S/C20H14O4S2/c1-11(21)19(17(23)13-7-3-5-9-15(13)25-19)20(12(2)22)18(24)14-8-4-6-10-16(14)26-20/h3-10H,1-2H3. The van der Waals surface area contributed by atoms with Crippen LogP contribution in [0, 0.1) is 0 Å². The summed E-state index contributed by atoms with van der Waals surface area (Å²) >= 11 is 2.07. The van der Waals surface area contributed by atoms with E-state index in [0.29, 0.717) is 20.9 Å². The van der Waals surface area contributed by atoms with Crippen LogP contribution in [-0.4, -0.2) is 32.6 Å². The molecule has 130 valence electrons. The highest BCUT2D eigenvalue weighted by molar-refractivity contribution is 8.07. The molecule has 0 spiro atoms. The molecule has 2 aliphatic heterocycles. The van der Waals surface area contributed by atoms with Gasteiger partial charge in [-0.05, 0) is 26.0 Å². The predicted molar refractivity (Wildman–Crippen MR) is 100 cm³/mol. The summed E-state index contributed by atoms with van der Waals surface area (Å²) in [5, 5.41) is 0. The monoisotopic (exact) mass is 382 g/mol. The van der Waals surface area contributed by atoms with Crippen molar-refractivity contribution in [3.8, 4) is 0 Å². The van der Waals surface area contributed by atoms with Crippen molar-refractivity contribution in [2.75, 3.05) is 0 Å². The molecular weight excluding hydrogens is 368 g/mol. The van der Waals surface area contributed by atoms with E-state index >= 15 is 0 Å². The molecule has 2 heterocycles. The Morgan fingerprint density at radius 2 is 1.04 bits per heavy atom. The molecule has 0 radical (unpaired) electrons. The first-order valence-electron chi connectivity index (χ1n) is 8.04. The second kappa shape index (κ2) is 5.66. The van der Waals surface area contributed by atoms with Crippen molar-refractivity contribution in [2.24, 2.45) is 0 Å². The van der Waals surface area contributed by atoms with Crippen LogP contribution in [0.5, 0.6) is 0 Å². The average molecular weight is 382 g/mol. The number of thioether (sulfide) groups is 2. The normalized spacial score (nSPS) is 26.5. The second-order valence-corrected chi connectivity index (χ2v) is 8.84. The molecule has 2 unspecified atom stereocenters. The smallest absolute Gasteiger partial charge is 0.190 e. The molecular formula is C20H14O4S2. The van der Waals surface area contributed by atoms with Gasteiger partial charge in [0.2, 0.25) is 0 Å². The van der Waals surface area contributed by atoms with E-state index in [2.05, 4.69) is 0 Å². The third-order valence-electron chi connectivity index (χ3n) is 4.92. The van der Waals surface area contributed by atoms with E-state index in [9.17, 15) is 19.2 Å². The highest BCUT2D eigenvalue weighted by Gasteiger charge is 2.72. The maximum atomic E-state index is 13.4. The van der Waals surface area contributed by atoms with Gasteiger partial charge >= 0.3 is 0 Å². The van der Waals surface area contributed by atoms with Crippen LogP contribution in [-0.2, 0) is 9.59 Å². The topological polar surface area (TPSA) is 68.3 Å². The number of fused-ring (bicyclic) bond motifs is 2. The van der Waals surface area contributed by atoms with E-state index < -0.39 is 32.6 Å². The molecule has 4 rings (SSSR count). The predicted octanol–water partition coefficient (Wildman–Crippen LogP) is 3.62. The van der Waals surface area contributed by atoms with Gasteiger partial charge in [0.05, 0.1) is 0 Å². The Labute approximate surface area is 158 Å². The number of Topliss-reactive ketones (excluding diaryl/α,β-unsaturated/α-hetero) is 4. The quantitative estimate of drug-likeness (QED) is 0.756. The Morgan fingerprint density at radius 1 is 0.692 bits per heavy atom. The van der Waals surface area contributed by atoms with Crippen LogP contribution in [0.3, 0.4) is 0 Å². The van der Waals surface area contributed by atoms with Crippen molar-refractivity contribution in [3.63, 3.8) is 0 Å². The van der Waals surface area contributed by atoms with Gasteiger partial charge in [0.1, 0.15) is 0 Å². The third kappa shape index (κ3) is 1.89. The van der Waals surface area contributed by atoms with Gasteiger partial charge < -0.3 is 0 Å². The Bertz CT molecular complexity index is 931. The minimum atomic E-state index is -1.79. The van der Waals surface area contributed by atoms with Gasteiger partial charge in [-0.1, -0.05) is 59.9 Å². The molecule has 0 saturated carbocycles. The molecule has 0 amide bonds. The molecule has 0 aliphatic carbocycles. The van der Waals surface area contributed by atoms with Crippen molar-refractivity contribution < 1.29 is 19.2 Å². The van der Waals surface area contributed by atoms with Gasteiger partial charge in [0.25, 0.3) is 0 Å². The SMILES string of the molecule is CC(=O)C1(C2(C(C)=O)Sc3ccccc3C2=O)Sc2ccccc2C1=O. The summed E-state index contributed by atoms with van der Waals surface area (Å²) in [5.41, 5.74) is 0.773. The molecule has 0 aromatic heterocycles. The van der Waals surface area contributed by atoms with Crippen molar-refractivity contribution in [3.05, 3.63) is 59.7 Å². The van der Waals surface area contributed by atoms with E-state index in [1.54, 1.807) is 48.5 Å². The van der Waals surface area contributed by atoms with Crippen molar-refractivity contribution >= 4 is 46.7 Å². The first-order valence-corrected chi connectivity index (χ1v) is 9.67. The fraction of sp³-hybridized carbons (Fsp3) is 0.200. The van der Waals surface area contributed by atoms with E-state index in [-0.39, 0.29) is 0 Å². The fourth-order valence-corrected chi connectivity index (χ4v) is 6.91. The van der Waals surface area contributed by atoms with Crippen molar-refractivity contribution in [1.29, 1.82) is 0 Å². The number of hydrogen-bond acceptors (Lipinski definition) is 6. The Morgan fingerprint density at radius 3 is 1.35 bits per heavy atom. The number of hydrogen-bond donors (Lipinski definition) is 0. The number of benzene rings is 2. The summed E-state index contributed by atoms with van der Waals surface area (Å²) in [6.45, 7) is 2.58. The second-order valence-electron chi connectivity index (χ2n) is 6.33. The number of ketones is 4. The van der Waals surface area contributed by atoms with Crippen LogP contribution < -0.4 is 0 Å². The molecule has 26 heavy (non-hydrogen) atoms. The Kier molecular flexibility index (Phi) is 3.75. The molecule has 2 aromatic rings. The van der Waals surface area contributed by atoms with Gasteiger partial charge in [-0.15, -0.1) is 0 Å². The third-order valence-corrected chi connectivity index (χ3v) is 8.37. The lowest BCUT2D eigenvalue weighted by molar-refractivity contribution is -0.124. The van der Waals surface area contributed by atoms with Crippen molar-refractivity contribution in [1.82, 2.24) is 0 Å².